The van der Waals surface area contributed by atoms with Crippen LogP contribution in [0.4, 0.5) is 5.69 Å². The molecule has 0 aliphatic carbocycles. The molecule has 6 nitrogen and oxygen atoms in total. The Bertz CT molecular complexity index is 857. The third-order valence-electron chi connectivity index (χ3n) is 4.04. The summed E-state index contributed by atoms with van der Waals surface area (Å²) in [6, 6.07) is 13.7. The Morgan fingerprint density at radius 2 is 1.77 bits per heavy atom. The van der Waals surface area contributed by atoms with Crippen LogP contribution in [-0.2, 0) is 9.59 Å². The topological polar surface area (TPSA) is 78.5 Å². The molecule has 0 bridgehead atoms. The van der Waals surface area contributed by atoms with Crippen molar-refractivity contribution in [1.82, 2.24) is 10.9 Å². The van der Waals surface area contributed by atoms with Crippen LogP contribution in [0.2, 0.25) is 5.02 Å². The van der Waals surface area contributed by atoms with Crippen LogP contribution in [-0.4, -0.2) is 24.3 Å². The Hall–Kier alpha value is -2.38. The number of hydrazine groups is 1. The zero-order chi connectivity index (χ0) is 18.7. The molecule has 2 N–H and O–H groups in total. The first-order valence-electron chi connectivity index (χ1n) is 7.86. The van der Waals surface area contributed by atoms with Crippen LogP contribution in [0.3, 0.4) is 0 Å². The van der Waals surface area contributed by atoms with Gasteiger partial charge in [0.2, 0.25) is 11.8 Å². The molecule has 0 radical (unpaired) electrons. The first-order valence-corrected chi connectivity index (χ1v) is 9.03. The number of hydrogen-bond acceptors (Lipinski definition) is 3. The van der Waals surface area contributed by atoms with Crippen LogP contribution >= 0.6 is 27.5 Å². The summed E-state index contributed by atoms with van der Waals surface area (Å²) in [6.07, 6.45) is 0.0607. The largest absolute Gasteiger partial charge is 0.310 e. The lowest BCUT2D eigenvalue weighted by Crippen LogP contribution is -2.45. The number of nitrogens with one attached hydrogen (secondary N) is 2. The van der Waals surface area contributed by atoms with E-state index in [1.165, 1.54) is 4.90 Å². The number of carbonyl (C=O) groups excluding carboxylic acids is 3. The molecule has 0 aromatic heterocycles. The standard InChI is InChI=1S/C18H15BrClN3O3/c19-13-7-5-11(6-8-13)17(25)21-22-18(26)12-9-16(24)23(10-12)15-4-2-1-3-14(15)20/h1-8,12H,9-10H2,(H,21,25)(H,22,26)/t12-/m0/s1. The summed E-state index contributed by atoms with van der Waals surface area (Å²) in [6.45, 7) is 0.211. The third-order valence-corrected chi connectivity index (χ3v) is 4.89. The number of benzene rings is 2. The minimum Gasteiger partial charge on any atom is -0.310 e. The Kier molecular flexibility index (Phi) is 5.58. The molecule has 3 rings (SSSR count). The molecule has 1 fully saturated rings. The number of para-hydroxylation sites is 1. The van der Waals surface area contributed by atoms with Gasteiger partial charge in [0, 0.05) is 23.0 Å². The molecular weight excluding hydrogens is 422 g/mol. The lowest BCUT2D eigenvalue weighted by molar-refractivity contribution is -0.126. The Labute approximate surface area is 163 Å². The van der Waals surface area contributed by atoms with Crippen LogP contribution in [0.25, 0.3) is 0 Å². The molecule has 0 spiro atoms. The summed E-state index contributed by atoms with van der Waals surface area (Å²) >= 11 is 9.41. The summed E-state index contributed by atoms with van der Waals surface area (Å²) in [5.41, 5.74) is 5.74. The minimum atomic E-state index is -0.566. The maximum Gasteiger partial charge on any atom is 0.269 e. The van der Waals surface area contributed by atoms with Gasteiger partial charge in [-0.05, 0) is 36.4 Å². The zero-order valence-electron chi connectivity index (χ0n) is 13.5. The average molecular weight is 437 g/mol. The van der Waals surface area contributed by atoms with Gasteiger partial charge in [0.15, 0.2) is 0 Å². The Balaban J connectivity index is 1.59. The molecular formula is C18H15BrClN3O3. The summed E-state index contributed by atoms with van der Waals surface area (Å²) in [5, 5.41) is 0.449. The highest BCUT2D eigenvalue weighted by molar-refractivity contribution is 9.10. The molecule has 134 valence electrons. The molecule has 0 saturated carbocycles. The fourth-order valence-corrected chi connectivity index (χ4v) is 3.18. The van der Waals surface area contributed by atoms with Crippen molar-refractivity contribution in [3.8, 4) is 0 Å². The molecule has 8 heteroatoms. The second-order valence-corrected chi connectivity index (χ2v) is 7.13. The van der Waals surface area contributed by atoms with Gasteiger partial charge in [0.05, 0.1) is 16.6 Å². The van der Waals surface area contributed by atoms with Crippen molar-refractivity contribution < 1.29 is 14.4 Å². The van der Waals surface area contributed by atoms with E-state index in [-0.39, 0.29) is 18.9 Å². The van der Waals surface area contributed by atoms with Crippen molar-refractivity contribution in [3.63, 3.8) is 0 Å². The van der Waals surface area contributed by atoms with E-state index >= 15 is 0 Å². The second kappa shape index (κ2) is 7.88. The SMILES string of the molecule is O=C(NNC(=O)[C@H]1CC(=O)N(c2ccccc2Cl)C1)c1ccc(Br)cc1. The van der Waals surface area contributed by atoms with Crippen LogP contribution < -0.4 is 15.8 Å². The lowest BCUT2D eigenvalue weighted by Gasteiger charge is -2.18. The molecule has 2 aromatic rings. The lowest BCUT2D eigenvalue weighted by atomic mass is 10.1. The summed E-state index contributed by atoms with van der Waals surface area (Å²) in [5.74, 6) is -1.60. The first-order chi connectivity index (χ1) is 12.5. The predicted molar refractivity (Wildman–Crippen MR) is 102 cm³/mol. The van der Waals surface area contributed by atoms with E-state index in [1.54, 1.807) is 48.5 Å². The highest BCUT2D eigenvalue weighted by Crippen LogP contribution is 2.30. The molecule has 3 amide bonds. The monoisotopic (exact) mass is 435 g/mol. The maximum atomic E-state index is 12.3. The highest BCUT2D eigenvalue weighted by atomic mass is 79.9. The van der Waals surface area contributed by atoms with E-state index in [1.807, 2.05) is 0 Å². The minimum absolute atomic E-state index is 0.0607. The molecule has 1 saturated heterocycles. The molecule has 1 aliphatic rings. The van der Waals surface area contributed by atoms with E-state index in [9.17, 15) is 14.4 Å². The Morgan fingerprint density at radius 3 is 2.46 bits per heavy atom. The predicted octanol–water partition coefficient (Wildman–Crippen LogP) is 2.92. The van der Waals surface area contributed by atoms with Crippen molar-refractivity contribution in [2.45, 2.75) is 6.42 Å². The number of carbonyl (C=O) groups is 3. The van der Waals surface area contributed by atoms with Gasteiger partial charge in [-0.2, -0.15) is 0 Å². The van der Waals surface area contributed by atoms with Crippen molar-refractivity contribution in [2.75, 3.05) is 11.4 Å². The van der Waals surface area contributed by atoms with Crippen molar-refractivity contribution in [2.24, 2.45) is 5.92 Å². The van der Waals surface area contributed by atoms with Gasteiger partial charge in [0.25, 0.3) is 5.91 Å². The Morgan fingerprint density at radius 1 is 1.08 bits per heavy atom. The average Bonchev–Trinajstić information content (AvgIpc) is 3.02. The van der Waals surface area contributed by atoms with E-state index < -0.39 is 17.7 Å². The van der Waals surface area contributed by atoms with Gasteiger partial charge < -0.3 is 4.90 Å². The number of halogens is 2. The van der Waals surface area contributed by atoms with Crippen molar-refractivity contribution in [1.29, 1.82) is 0 Å². The third kappa shape index (κ3) is 4.05. The smallest absolute Gasteiger partial charge is 0.269 e. The normalized spacial score (nSPS) is 16.5. The molecule has 26 heavy (non-hydrogen) atoms. The van der Waals surface area contributed by atoms with E-state index in [0.29, 0.717) is 16.3 Å². The molecule has 2 aromatic carbocycles. The first kappa shape index (κ1) is 18.4. The van der Waals surface area contributed by atoms with E-state index in [2.05, 4.69) is 26.8 Å². The molecule has 1 atom stereocenters. The van der Waals surface area contributed by atoms with Gasteiger partial charge in [-0.1, -0.05) is 39.7 Å². The summed E-state index contributed by atoms with van der Waals surface area (Å²) < 4.78 is 0.849. The van der Waals surface area contributed by atoms with Gasteiger partial charge >= 0.3 is 0 Å². The van der Waals surface area contributed by atoms with Crippen LogP contribution in [0.1, 0.15) is 16.8 Å². The molecule has 1 aliphatic heterocycles. The second-order valence-electron chi connectivity index (χ2n) is 5.81. The fraction of sp³-hybridized carbons (Fsp3) is 0.167. The molecule has 1 heterocycles. The summed E-state index contributed by atoms with van der Waals surface area (Å²) in [4.78, 5) is 38.0. The summed E-state index contributed by atoms with van der Waals surface area (Å²) in [7, 11) is 0. The van der Waals surface area contributed by atoms with E-state index in [4.69, 9.17) is 11.6 Å². The number of rotatable bonds is 3. The van der Waals surface area contributed by atoms with Crippen LogP contribution in [0.5, 0.6) is 0 Å². The van der Waals surface area contributed by atoms with Crippen LogP contribution in [0.15, 0.2) is 53.0 Å². The van der Waals surface area contributed by atoms with Gasteiger partial charge in [-0.15, -0.1) is 0 Å². The van der Waals surface area contributed by atoms with Crippen LogP contribution in [0, 0.1) is 5.92 Å². The van der Waals surface area contributed by atoms with Crippen molar-refractivity contribution in [3.05, 3.63) is 63.6 Å². The van der Waals surface area contributed by atoms with Gasteiger partial charge in [-0.3, -0.25) is 25.2 Å². The zero-order valence-corrected chi connectivity index (χ0v) is 15.9. The number of nitrogens with zero attached hydrogens (tertiary/aromatic N) is 1. The van der Waals surface area contributed by atoms with E-state index in [0.717, 1.165) is 4.47 Å². The highest BCUT2D eigenvalue weighted by Gasteiger charge is 2.36. The molecule has 0 unspecified atom stereocenters. The number of amides is 3. The maximum absolute atomic E-state index is 12.3. The number of hydrogen-bond donors (Lipinski definition) is 2. The van der Waals surface area contributed by atoms with Crippen molar-refractivity contribution >= 4 is 50.9 Å². The quantitative estimate of drug-likeness (QED) is 0.726. The van der Waals surface area contributed by atoms with Gasteiger partial charge in [0.1, 0.15) is 0 Å². The number of anilines is 1. The van der Waals surface area contributed by atoms with Gasteiger partial charge in [-0.25, -0.2) is 0 Å². The fourth-order valence-electron chi connectivity index (χ4n) is 2.68.